The second kappa shape index (κ2) is 3.20. The summed E-state index contributed by atoms with van der Waals surface area (Å²) in [6, 6.07) is 0. The van der Waals surface area contributed by atoms with Crippen molar-refractivity contribution in [3.05, 3.63) is 16.6 Å². The summed E-state index contributed by atoms with van der Waals surface area (Å²) in [7, 11) is 0. The number of hydrogen-bond acceptors (Lipinski definition) is 3. The van der Waals surface area contributed by atoms with Crippen LogP contribution >= 0.6 is 11.3 Å². The van der Waals surface area contributed by atoms with E-state index in [4.69, 9.17) is 0 Å². The number of nitrogens with zero attached hydrogens (tertiary/aromatic N) is 1. The van der Waals surface area contributed by atoms with E-state index in [1.807, 2.05) is 0 Å². The van der Waals surface area contributed by atoms with Crippen LogP contribution in [-0.2, 0) is 6.54 Å². The highest BCUT2D eigenvalue weighted by atomic mass is 32.1. The molecule has 0 aromatic carbocycles. The first-order valence-electron chi connectivity index (χ1n) is 4.23. The van der Waals surface area contributed by atoms with Crippen LogP contribution in [0, 0.1) is 0 Å². The molecule has 1 saturated carbocycles. The van der Waals surface area contributed by atoms with Gasteiger partial charge in [0.25, 0.3) is 0 Å². The maximum atomic E-state index is 12.4. The number of thiazole rings is 1. The normalized spacial score (nSPS) is 19.6. The lowest BCUT2D eigenvalue weighted by molar-refractivity contribution is -0.166. The third-order valence-electron chi connectivity index (χ3n) is 2.38. The minimum Gasteiger partial charge on any atom is -0.299 e. The predicted molar refractivity (Wildman–Crippen MR) is 47.0 cm³/mol. The van der Waals surface area contributed by atoms with Gasteiger partial charge in [0, 0.05) is 17.6 Å². The average molecular weight is 222 g/mol. The quantitative estimate of drug-likeness (QED) is 0.849. The summed E-state index contributed by atoms with van der Waals surface area (Å²) in [4.78, 5) is 4.64. The van der Waals surface area contributed by atoms with Crippen LogP contribution in [0.15, 0.2) is 11.7 Å². The Balaban J connectivity index is 1.93. The largest absolute Gasteiger partial charge is 0.406 e. The van der Waals surface area contributed by atoms with Crippen LogP contribution in [0.1, 0.15) is 17.7 Å². The van der Waals surface area contributed by atoms with Crippen molar-refractivity contribution in [1.29, 1.82) is 0 Å². The first-order chi connectivity index (χ1) is 6.54. The minimum atomic E-state index is -4.13. The second-order valence-electron chi connectivity index (χ2n) is 3.40. The molecule has 0 saturated heterocycles. The molecule has 2 rings (SSSR count). The van der Waals surface area contributed by atoms with E-state index < -0.39 is 11.7 Å². The van der Waals surface area contributed by atoms with E-state index in [-0.39, 0.29) is 19.4 Å². The van der Waals surface area contributed by atoms with Gasteiger partial charge in [-0.1, -0.05) is 0 Å². The molecule has 1 aromatic rings. The Labute approximate surface area is 83.2 Å². The van der Waals surface area contributed by atoms with Crippen LogP contribution in [0.4, 0.5) is 13.2 Å². The Hall–Kier alpha value is -0.620. The first-order valence-corrected chi connectivity index (χ1v) is 5.11. The fourth-order valence-electron chi connectivity index (χ4n) is 1.27. The summed E-state index contributed by atoms with van der Waals surface area (Å²) in [6.07, 6.45) is -2.16. The van der Waals surface area contributed by atoms with Gasteiger partial charge >= 0.3 is 6.18 Å². The number of aromatic nitrogens is 1. The van der Waals surface area contributed by atoms with Crippen molar-refractivity contribution >= 4 is 11.3 Å². The predicted octanol–water partition coefficient (Wildman–Crippen LogP) is 2.33. The standard InChI is InChI=1S/C8H9F3N2S/c9-8(10,11)7(1-2-7)13-4-6-3-12-5-14-6/h3,5,13H,1-2,4H2. The summed E-state index contributed by atoms with van der Waals surface area (Å²) in [5.41, 5.74) is 0.00115. The fourth-order valence-corrected chi connectivity index (χ4v) is 1.81. The summed E-state index contributed by atoms with van der Waals surface area (Å²) < 4.78 is 37.3. The molecule has 1 heterocycles. The molecule has 0 bridgehead atoms. The molecular formula is C8H9F3N2S. The van der Waals surface area contributed by atoms with Crippen LogP contribution in [0.3, 0.4) is 0 Å². The van der Waals surface area contributed by atoms with Crippen LogP contribution in [0.2, 0.25) is 0 Å². The van der Waals surface area contributed by atoms with Gasteiger partial charge in [-0.2, -0.15) is 13.2 Å². The zero-order valence-corrected chi connectivity index (χ0v) is 8.08. The molecule has 1 N–H and O–H groups in total. The molecule has 0 aliphatic heterocycles. The number of nitrogens with one attached hydrogen (secondary N) is 1. The highest BCUT2D eigenvalue weighted by molar-refractivity contribution is 7.09. The molecule has 0 unspecified atom stereocenters. The van der Waals surface area contributed by atoms with E-state index >= 15 is 0 Å². The van der Waals surface area contributed by atoms with Crippen LogP contribution < -0.4 is 5.32 Å². The van der Waals surface area contributed by atoms with Gasteiger partial charge in [0.15, 0.2) is 0 Å². The summed E-state index contributed by atoms with van der Waals surface area (Å²) >= 11 is 1.36. The van der Waals surface area contributed by atoms with Crippen molar-refractivity contribution in [3.8, 4) is 0 Å². The first kappa shape index (κ1) is 9.92. The average Bonchev–Trinajstić information content (AvgIpc) is 2.72. The van der Waals surface area contributed by atoms with E-state index in [1.54, 1.807) is 11.7 Å². The van der Waals surface area contributed by atoms with Gasteiger partial charge in [-0.15, -0.1) is 11.3 Å². The van der Waals surface area contributed by atoms with Crippen molar-refractivity contribution in [2.24, 2.45) is 0 Å². The lowest BCUT2D eigenvalue weighted by Crippen LogP contribution is -2.44. The molecule has 0 amide bonds. The van der Waals surface area contributed by atoms with E-state index in [9.17, 15) is 13.2 Å². The molecule has 78 valence electrons. The number of rotatable bonds is 3. The van der Waals surface area contributed by atoms with Crippen LogP contribution in [0.25, 0.3) is 0 Å². The van der Waals surface area contributed by atoms with Crippen molar-refractivity contribution in [2.75, 3.05) is 0 Å². The Bertz CT molecular complexity index is 303. The zero-order valence-electron chi connectivity index (χ0n) is 7.27. The monoisotopic (exact) mass is 222 g/mol. The minimum absolute atomic E-state index is 0.190. The molecule has 0 atom stereocenters. The van der Waals surface area contributed by atoms with E-state index in [0.29, 0.717) is 0 Å². The second-order valence-corrected chi connectivity index (χ2v) is 4.37. The van der Waals surface area contributed by atoms with Crippen molar-refractivity contribution in [1.82, 2.24) is 10.3 Å². The Morgan fingerprint density at radius 1 is 1.50 bits per heavy atom. The molecule has 6 heteroatoms. The summed E-state index contributed by atoms with van der Waals surface area (Å²) in [5, 5.41) is 2.56. The topological polar surface area (TPSA) is 24.9 Å². The summed E-state index contributed by atoms with van der Waals surface area (Å²) in [5.74, 6) is 0. The van der Waals surface area contributed by atoms with Gasteiger partial charge < -0.3 is 0 Å². The summed E-state index contributed by atoms with van der Waals surface area (Å²) in [6.45, 7) is 0.254. The molecule has 2 nitrogen and oxygen atoms in total. The van der Waals surface area contributed by atoms with Crippen LogP contribution in [-0.4, -0.2) is 16.7 Å². The van der Waals surface area contributed by atoms with Gasteiger partial charge in [-0.05, 0) is 12.8 Å². The Morgan fingerprint density at radius 2 is 2.21 bits per heavy atom. The third kappa shape index (κ3) is 1.76. The van der Waals surface area contributed by atoms with Crippen molar-refractivity contribution in [3.63, 3.8) is 0 Å². The highest BCUT2D eigenvalue weighted by Crippen LogP contribution is 2.49. The number of alkyl halides is 3. The van der Waals surface area contributed by atoms with Gasteiger partial charge in [0.05, 0.1) is 5.51 Å². The van der Waals surface area contributed by atoms with Crippen LogP contribution in [0.5, 0.6) is 0 Å². The number of halogens is 3. The van der Waals surface area contributed by atoms with Crippen molar-refractivity contribution in [2.45, 2.75) is 31.1 Å². The third-order valence-corrected chi connectivity index (χ3v) is 3.16. The zero-order chi connectivity index (χ0) is 10.2. The number of hydrogen-bond donors (Lipinski definition) is 1. The van der Waals surface area contributed by atoms with E-state index in [0.717, 1.165) is 4.88 Å². The SMILES string of the molecule is FC(F)(F)C1(NCc2cncs2)CC1. The molecule has 1 aromatic heterocycles. The van der Waals surface area contributed by atoms with E-state index in [2.05, 4.69) is 10.3 Å². The molecule has 1 aliphatic carbocycles. The van der Waals surface area contributed by atoms with E-state index in [1.165, 1.54) is 11.3 Å². The maximum Gasteiger partial charge on any atom is 0.406 e. The van der Waals surface area contributed by atoms with Gasteiger partial charge in [0.2, 0.25) is 0 Å². The lowest BCUT2D eigenvalue weighted by Gasteiger charge is -2.20. The fraction of sp³-hybridized carbons (Fsp3) is 0.625. The maximum absolute atomic E-state index is 12.4. The molecule has 14 heavy (non-hydrogen) atoms. The lowest BCUT2D eigenvalue weighted by atomic mass is 10.2. The smallest absolute Gasteiger partial charge is 0.299 e. The van der Waals surface area contributed by atoms with Gasteiger partial charge in [-0.25, -0.2) is 0 Å². The molecule has 0 radical (unpaired) electrons. The van der Waals surface area contributed by atoms with Crippen molar-refractivity contribution < 1.29 is 13.2 Å². The Morgan fingerprint density at radius 3 is 2.64 bits per heavy atom. The molecular weight excluding hydrogens is 213 g/mol. The molecule has 0 spiro atoms. The molecule has 1 fully saturated rings. The Kier molecular flexibility index (Phi) is 2.27. The molecule has 1 aliphatic rings. The van der Waals surface area contributed by atoms with Gasteiger partial charge in [0.1, 0.15) is 5.54 Å². The highest BCUT2D eigenvalue weighted by Gasteiger charge is 2.62. The van der Waals surface area contributed by atoms with Gasteiger partial charge in [-0.3, -0.25) is 10.3 Å².